The monoisotopic (exact) mass is 339 g/mol. The zero-order valence-electron chi connectivity index (χ0n) is 14.3. The van der Waals surface area contributed by atoms with E-state index in [1.165, 1.54) is 0 Å². The molecule has 0 N–H and O–H groups in total. The van der Waals surface area contributed by atoms with E-state index in [1.54, 1.807) is 0 Å². The molecule has 1 saturated heterocycles. The smallest absolute Gasteiger partial charge is 0.357 e. The minimum atomic E-state index is -0.325. The van der Waals surface area contributed by atoms with Crippen molar-refractivity contribution in [2.24, 2.45) is 0 Å². The zero-order chi connectivity index (χ0) is 17.2. The first-order valence-electron chi connectivity index (χ1n) is 8.64. The molecule has 25 heavy (non-hydrogen) atoms. The second-order valence-electron chi connectivity index (χ2n) is 6.11. The molecule has 0 aliphatic carbocycles. The lowest BCUT2D eigenvalue weighted by Gasteiger charge is -2.25. The van der Waals surface area contributed by atoms with E-state index >= 15 is 0 Å². The van der Waals surface area contributed by atoms with Crippen LogP contribution in [0.25, 0.3) is 16.4 Å². The van der Waals surface area contributed by atoms with E-state index in [9.17, 15) is 4.79 Å². The predicted octanol–water partition coefficient (Wildman–Crippen LogP) is 2.50. The van der Waals surface area contributed by atoms with E-state index in [-0.39, 0.29) is 5.97 Å². The Balaban J connectivity index is 1.85. The van der Waals surface area contributed by atoms with Gasteiger partial charge >= 0.3 is 5.97 Å². The van der Waals surface area contributed by atoms with Gasteiger partial charge in [-0.05, 0) is 18.4 Å². The van der Waals surface area contributed by atoms with Crippen molar-refractivity contribution in [3.8, 4) is 0 Å². The molecule has 0 atom stereocenters. The Morgan fingerprint density at radius 1 is 1.24 bits per heavy atom. The summed E-state index contributed by atoms with van der Waals surface area (Å²) in [6, 6.07) is 10.1. The summed E-state index contributed by atoms with van der Waals surface area (Å²) in [6.07, 6.45) is 1.90. The first kappa shape index (κ1) is 16.1. The molecule has 0 radical (unpaired) electrons. The third-order valence-corrected chi connectivity index (χ3v) is 4.53. The summed E-state index contributed by atoms with van der Waals surface area (Å²) in [6.45, 7) is 5.90. The van der Waals surface area contributed by atoms with Gasteiger partial charge in [0.25, 0.3) is 0 Å². The summed E-state index contributed by atoms with van der Waals surface area (Å²) in [5, 5.41) is 2.14. The Morgan fingerprint density at radius 3 is 2.84 bits per heavy atom. The van der Waals surface area contributed by atoms with Crippen LogP contribution in [0, 0.1) is 0 Å². The fourth-order valence-electron chi connectivity index (χ4n) is 3.31. The number of esters is 1. The summed E-state index contributed by atoms with van der Waals surface area (Å²) in [5.74, 6) is -0.325. The molecule has 1 aliphatic rings. The van der Waals surface area contributed by atoms with Crippen LogP contribution in [0.1, 0.15) is 23.1 Å². The average molecular weight is 339 g/mol. The molecule has 0 spiro atoms. The number of imidazole rings is 1. The molecule has 4 rings (SSSR count). The molecular weight excluding hydrogens is 318 g/mol. The van der Waals surface area contributed by atoms with Crippen molar-refractivity contribution in [3.63, 3.8) is 0 Å². The summed E-state index contributed by atoms with van der Waals surface area (Å²) < 4.78 is 12.6. The first-order valence-corrected chi connectivity index (χ1v) is 8.64. The van der Waals surface area contributed by atoms with Crippen LogP contribution >= 0.6 is 0 Å². The quantitative estimate of drug-likeness (QED) is 0.684. The molecule has 6 nitrogen and oxygen atoms in total. The Morgan fingerprint density at radius 2 is 2.04 bits per heavy atom. The van der Waals surface area contributed by atoms with Gasteiger partial charge in [0, 0.05) is 31.2 Å². The van der Waals surface area contributed by atoms with Crippen molar-refractivity contribution in [1.82, 2.24) is 14.3 Å². The Bertz CT molecular complexity index is 913. The topological polar surface area (TPSA) is 56.1 Å². The maximum absolute atomic E-state index is 12.6. The Kier molecular flexibility index (Phi) is 4.38. The van der Waals surface area contributed by atoms with Crippen molar-refractivity contribution in [1.29, 1.82) is 0 Å². The number of hydrogen-bond acceptors (Lipinski definition) is 5. The molecule has 1 aromatic carbocycles. The molecule has 6 heteroatoms. The molecule has 3 aromatic rings. The lowest BCUT2D eigenvalue weighted by molar-refractivity contribution is 0.0331. The minimum absolute atomic E-state index is 0.325. The largest absolute Gasteiger partial charge is 0.461 e. The van der Waals surface area contributed by atoms with Gasteiger partial charge in [-0.2, -0.15) is 0 Å². The van der Waals surface area contributed by atoms with E-state index in [0.29, 0.717) is 32.1 Å². The number of hydrogen-bond donors (Lipinski definition) is 0. The minimum Gasteiger partial charge on any atom is -0.461 e. The highest BCUT2D eigenvalue weighted by molar-refractivity contribution is 5.97. The van der Waals surface area contributed by atoms with Crippen LogP contribution < -0.4 is 0 Å². The molecule has 1 aliphatic heterocycles. The predicted molar refractivity (Wildman–Crippen MR) is 94.8 cm³/mol. The summed E-state index contributed by atoms with van der Waals surface area (Å²) in [4.78, 5) is 19.7. The SMILES string of the molecule is CCOC(=O)c1c(CN2CCOCC2)nc2c3ccccc3ccn12. The molecule has 0 amide bonds. The van der Waals surface area contributed by atoms with E-state index in [2.05, 4.69) is 11.0 Å². The van der Waals surface area contributed by atoms with E-state index in [4.69, 9.17) is 14.5 Å². The van der Waals surface area contributed by atoms with Gasteiger partial charge in [-0.1, -0.05) is 24.3 Å². The van der Waals surface area contributed by atoms with E-state index in [0.717, 1.165) is 35.2 Å². The zero-order valence-corrected chi connectivity index (χ0v) is 14.3. The summed E-state index contributed by atoms with van der Waals surface area (Å²) in [5.41, 5.74) is 2.08. The van der Waals surface area contributed by atoms with Gasteiger partial charge in [0.2, 0.25) is 0 Å². The number of rotatable bonds is 4. The first-order chi connectivity index (χ1) is 12.3. The average Bonchev–Trinajstić information content (AvgIpc) is 3.01. The standard InChI is InChI=1S/C19H21N3O3/c1-2-25-19(23)17-16(13-21-9-11-24-12-10-21)20-18-15-6-4-3-5-14(15)7-8-22(17)18/h3-8H,2,9-13H2,1H3. The van der Waals surface area contributed by atoms with Crippen LogP contribution in [0.2, 0.25) is 0 Å². The molecule has 0 saturated carbocycles. The molecule has 0 bridgehead atoms. The molecule has 0 unspecified atom stereocenters. The van der Waals surface area contributed by atoms with Crippen LogP contribution in [-0.4, -0.2) is 53.2 Å². The van der Waals surface area contributed by atoms with Crippen molar-refractivity contribution >= 4 is 22.4 Å². The van der Waals surface area contributed by atoms with Crippen LogP contribution in [0.4, 0.5) is 0 Å². The number of fused-ring (bicyclic) bond motifs is 3. The summed E-state index contributed by atoms with van der Waals surface area (Å²) in [7, 11) is 0. The fraction of sp³-hybridized carbons (Fsp3) is 0.368. The van der Waals surface area contributed by atoms with Gasteiger partial charge in [-0.25, -0.2) is 9.78 Å². The second kappa shape index (κ2) is 6.82. The lowest BCUT2D eigenvalue weighted by Crippen LogP contribution is -2.36. The maximum Gasteiger partial charge on any atom is 0.357 e. The molecule has 130 valence electrons. The third kappa shape index (κ3) is 2.99. The lowest BCUT2D eigenvalue weighted by atomic mass is 10.2. The number of carbonyl (C=O) groups excluding carboxylic acids is 1. The van der Waals surface area contributed by atoms with Crippen molar-refractivity contribution in [2.75, 3.05) is 32.9 Å². The highest BCUT2D eigenvalue weighted by atomic mass is 16.5. The maximum atomic E-state index is 12.6. The second-order valence-corrected chi connectivity index (χ2v) is 6.11. The fourth-order valence-corrected chi connectivity index (χ4v) is 3.31. The number of nitrogens with zero attached hydrogens (tertiary/aromatic N) is 3. The van der Waals surface area contributed by atoms with Gasteiger partial charge in [0.05, 0.1) is 25.5 Å². The molecular formula is C19H21N3O3. The highest BCUT2D eigenvalue weighted by Crippen LogP contribution is 2.24. The molecule has 1 fully saturated rings. The van der Waals surface area contributed by atoms with E-state index in [1.807, 2.05) is 41.8 Å². The van der Waals surface area contributed by atoms with E-state index < -0.39 is 0 Å². The number of benzene rings is 1. The van der Waals surface area contributed by atoms with Gasteiger partial charge in [-0.3, -0.25) is 9.30 Å². The van der Waals surface area contributed by atoms with Crippen molar-refractivity contribution < 1.29 is 14.3 Å². The number of ether oxygens (including phenoxy) is 2. The molecule has 3 heterocycles. The number of pyridine rings is 1. The van der Waals surface area contributed by atoms with Crippen LogP contribution in [0.3, 0.4) is 0 Å². The van der Waals surface area contributed by atoms with Gasteiger partial charge in [-0.15, -0.1) is 0 Å². The third-order valence-electron chi connectivity index (χ3n) is 4.53. The summed E-state index contributed by atoms with van der Waals surface area (Å²) >= 11 is 0. The van der Waals surface area contributed by atoms with Crippen LogP contribution in [-0.2, 0) is 16.0 Å². The van der Waals surface area contributed by atoms with Crippen LogP contribution in [0.15, 0.2) is 36.5 Å². The number of aromatic nitrogens is 2. The number of carbonyl (C=O) groups is 1. The normalized spacial score (nSPS) is 15.7. The van der Waals surface area contributed by atoms with Crippen LogP contribution in [0.5, 0.6) is 0 Å². The Labute approximate surface area is 146 Å². The van der Waals surface area contributed by atoms with Gasteiger partial charge in [0.15, 0.2) is 5.69 Å². The van der Waals surface area contributed by atoms with Gasteiger partial charge in [0.1, 0.15) is 5.65 Å². The Hall–Kier alpha value is -2.44. The van der Waals surface area contributed by atoms with Crippen molar-refractivity contribution in [3.05, 3.63) is 47.9 Å². The molecule has 2 aromatic heterocycles. The number of morpholine rings is 1. The highest BCUT2D eigenvalue weighted by Gasteiger charge is 2.23. The van der Waals surface area contributed by atoms with Gasteiger partial charge < -0.3 is 9.47 Å². The van der Waals surface area contributed by atoms with Crippen molar-refractivity contribution in [2.45, 2.75) is 13.5 Å².